The number of esters is 1. The third kappa shape index (κ3) is 9.14. The summed E-state index contributed by atoms with van der Waals surface area (Å²) in [7, 11) is -1.60. The molecule has 3 nitrogen and oxygen atoms in total. The molecule has 1 aromatic carbocycles. The Bertz CT molecular complexity index is 637. The third-order valence-electron chi connectivity index (χ3n) is 3.34. The van der Waals surface area contributed by atoms with Crippen molar-refractivity contribution in [1.29, 1.82) is 0 Å². The van der Waals surface area contributed by atoms with Crippen LogP contribution >= 0.6 is 22.6 Å². The van der Waals surface area contributed by atoms with Crippen molar-refractivity contribution in [3.05, 3.63) is 56.8 Å². The smallest absolute Gasteiger partial charge is 0.338 e. The Morgan fingerprint density at radius 2 is 1.77 bits per heavy atom. The number of benzene rings is 1. The zero-order valence-electron chi connectivity index (χ0n) is 16.8. The molecule has 0 spiro atoms. The molecular weight excluding hydrogens is 455 g/mol. The monoisotopic (exact) mass is 486 g/mol. The maximum absolute atomic E-state index is 12.6. The van der Waals surface area contributed by atoms with E-state index in [1.807, 2.05) is 51.1 Å². The number of halogens is 1. The number of ether oxygens (including phenoxy) is 2. The summed E-state index contributed by atoms with van der Waals surface area (Å²) in [5.74, 6) is -0.245. The maximum Gasteiger partial charge on any atom is 0.338 e. The summed E-state index contributed by atoms with van der Waals surface area (Å²) in [5.41, 5.74) is 1.35. The van der Waals surface area contributed by atoms with Gasteiger partial charge in [0.25, 0.3) is 0 Å². The number of carbonyl (C=O) groups is 1. The van der Waals surface area contributed by atoms with Crippen molar-refractivity contribution in [2.45, 2.75) is 59.0 Å². The molecular formula is C21H31IO3Si. The van der Waals surface area contributed by atoms with Crippen LogP contribution in [0, 0.1) is 0 Å². The lowest BCUT2D eigenvalue weighted by atomic mass is 10.2. The highest BCUT2D eigenvalue weighted by Gasteiger charge is 2.26. The Hall–Kier alpha value is -0.923. The van der Waals surface area contributed by atoms with Gasteiger partial charge in [-0.25, -0.2) is 4.79 Å². The van der Waals surface area contributed by atoms with E-state index >= 15 is 0 Å². The molecule has 0 bridgehead atoms. The van der Waals surface area contributed by atoms with Crippen molar-refractivity contribution in [2.24, 2.45) is 0 Å². The molecule has 144 valence electrons. The molecule has 5 heteroatoms. The van der Waals surface area contributed by atoms with Crippen LogP contribution in [-0.4, -0.2) is 26.3 Å². The first-order valence-electron chi connectivity index (χ1n) is 8.92. The molecule has 0 radical (unpaired) electrons. The minimum absolute atomic E-state index is 0.245. The molecule has 0 heterocycles. The second kappa shape index (κ2) is 10.4. The molecule has 0 aliphatic heterocycles. The van der Waals surface area contributed by atoms with Gasteiger partial charge in [-0.1, -0.05) is 84.7 Å². The summed E-state index contributed by atoms with van der Waals surface area (Å²) in [6.07, 6.45) is 4.66. The highest BCUT2D eigenvalue weighted by atomic mass is 127. The molecule has 0 atom stereocenters. The van der Waals surface area contributed by atoms with Gasteiger partial charge in [0.1, 0.15) is 5.60 Å². The molecule has 1 aromatic rings. The van der Waals surface area contributed by atoms with E-state index in [1.54, 1.807) is 0 Å². The van der Waals surface area contributed by atoms with Gasteiger partial charge < -0.3 is 9.47 Å². The first kappa shape index (κ1) is 23.1. The van der Waals surface area contributed by atoms with E-state index < -0.39 is 13.7 Å². The minimum Gasteiger partial charge on any atom is -0.456 e. The zero-order chi connectivity index (χ0) is 19.8. The first-order valence-corrected chi connectivity index (χ1v) is 13.5. The molecule has 1 rings (SSSR count). The fourth-order valence-corrected chi connectivity index (χ4v) is 3.48. The summed E-state index contributed by atoms with van der Waals surface area (Å²) in [4.78, 5) is 12.6. The molecule has 0 aliphatic rings. The van der Waals surface area contributed by atoms with E-state index in [9.17, 15) is 4.79 Å². The number of hydrogen-bond acceptors (Lipinski definition) is 3. The largest absolute Gasteiger partial charge is 0.456 e. The zero-order valence-corrected chi connectivity index (χ0v) is 19.9. The topological polar surface area (TPSA) is 35.5 Å². The van der Waals surface area contributed by atoms with Crippen LogP contribution in [0.2, 0.25) is 19.6 Å². The van der Waals surface area contributed by atoms with Crippen molar-refractivity contribution in [3.8, 4) is 0 Å². The van der Waals surface area contributed by atoms with Crippen molar-refractivity contribution >= 4 is 36.6 Å². The highest BCUT2D eigenvalue weighted by Crippen LogP contribution is 2.28. The van der Waals surface area contributed by atoms with Gasteiger partial charge in [-0.2, -0.15) is 0 Å². The molecule has 0 saturated carbocycles. The van der Waals surface area contributed by atoms with E-state index in [4.69, 9.17) is 9.47 Å². The van der Waals surface area contributed by atoms with Gasteiger partial charge in [0, 0.05) is 0 Å². The molecule has 0 aliphatic carbocycles. The van der Waals surface area contributed by atoms with E-state index in [1.165, 1.54) is 5.56 Å². The van der Waals surface area contributed by atoms with E-state index in [0.29, 0.717) is 18.8 Å². The predicted molar refractivity (Wildman–Crippen MR) is 120 cm³/mol. The van der Waals surface area contributed by atoms with Crippen molar-refractivity contribution in [3.63, 3.8) is 0 Å². The Kier molecular flexibility index (Phi) is 9.27. The van der Waals surface area contributed by atoms with E-state index in [0.717, 1.165) is 9.62 Å². The Labute approximate surface area is 173 Å². The average molecular weight is 486 g/mol. The lowest BCUT2D eigenvalue weighted by molar-refractivity contribution is -0.149. The van der Waals surface area contributed by atoms with E-state index in [2.05, 4.69) is 54.4 Å². The lowest BCUT2D eigenvalue weighted by Gasteiger charge is -2.23. The van der Waals surface area contributed by atoms with Crippen LogP contribution in [-0.2, 0) is 20.9 Å². The third-order valence-corrected chi connectivity index (χ3v) is 10.4. The summed E-state index contributed by atoms with van der Waals surface area (Å²) in [6, 6.07) is 10.1. The van der Waals surface area contributed by atoms with Gasteiger partial charge in [-0.05, 0) is 36.0 Å². The van der Waals surface area contributed by atoms with Crippen molar-refractivity contribution < 1.29 is 14.3 Å². The Balaban J connectivity index is 2.68. The quantitative estimate of drug-likeness (QED) is 0.112. The molecule has 0 saturated heterocycles. The van der Waals surface area contributed by atoms with E-state index in [-0.39, 0.29) is 5.97 Å². The van der Waals surface area contributed by atoms with Crippen LogP contribution < -0.4 is 0 Å². The fourth-order valence-electron chi connectivity index (χ4n) is 2.08. The second-order valence-electron chi connectivity index (χ2n) is 8.21. The Morgan fingerprint density at radius 1 is 1.15 bits per heavy atom. The molecule has 0 amide bonds. The van der Waals surface area contributed by atoms with Gasteiger partial charge in [0.15, 0.2) is 0 Å². The molecule has 0 fully saturated rings. The first-order chi connectivity index (χ1) is 12.0. The van der Waals surface area contributed by atoms with Crippen LogP contribution in [0.5, 0.6) is 0 Å². The van der Waals surface area contributed by atoms with Gasteiger partial charge in [0.2, 0.25) is 0 Å². The summed E-state index contributed by atoms with van der Waals surface area (Å²) < 4.78 is 12.4. The fraction of sp³-hybridized carbons (Fsp3) is 0.476. The SMILES string of the molecule is CC(C)(C)OC(=O)C(/C=C/CCOCc1ccccc1)=C(/I)[Si](C)(C)C. The summed E-state index contributed by atoms with van der Waals surface area (Å²) in [5, 5.41) is 0. The maximum atomic E-state index is 12.6. The van der Waals surface area contributed by atoms with Gasteiger partial charge in [0.05, 0.1) is 26.9 Å². The van der Waals surface area contributed by atoms with Gasteiger partial charge in [-0.3, -0.25) is 0 Å². The van der Waals surface area contributed by atoms with Crippen LogP contribution in [0.15, 0.2) is 51.3 Å². The normalized spacial score (nSPS) is 13.7. The van der Waals surface area contributed by atoms with Crippen LogP contribution in [0.1, 0.15) is 32.8 Å². The second-order valence-corrected chi connectivity index (χ2v) is 15.3. The molecule has 0 unspecified atom stereocenters. The highest BCUT2D eigenvalue weighted by molar-refractivity contribution is 14.1. The van der Waals surface area contributed by atoms with Crippen molar-refractivity contribution in [1.82, 2.24) is 0 Å². The number of rotatable bonds is 8. The summed E-state index contributed by atoms with van der Waals surface area (Å²) in [6.45, 7) is 13.6. The van der Waals surface area contributed by atoms with Crippen LogP contribution in [0.3, 0.4) is 0 Å². The van der Waals surface area contributed by atoms with Crippen LogP contribution in [0.25, 0.3) is 0 Å². The molecule has 0 N–H and O–H groups in total. The standard InChI is InChI=1S/C21H31IO3Si/c1-21(2,3)25-20(23)18(19(22)26(4,5)6)14-10-11-15-24-16-17-12-8-7-9-13-17/h7-10,12-14H,11,15-16H2,1-6H3/b14-10+,19-18-. The number of hydrogen-bond donors (Lipinski definition) is 0. The minimum atomic E-state index is -1.60. The predicted octanol–water partition coefficient (Wildman–Crippen LogP) is 6.06. The molecule has 0 aromatic heterocycles. The lowest BCUT2D eigenvalue weighted by Crippen LogP contribution is -2.28. The van der Waals surface area contributed by atoms with Crippen LogP contribution in [0.4, 0.5) is 0 Å². The number of carbonyl (C=O) groups excluding carboxylic acids is 1. The molecule has 26 heavy (non-hydrogen) atoms. The van der Waals surface area contributed by atoms with Gasteiger partial charge >= 0.3 is 5.97 Å². The van der Waals surface area contributed by atoms with Crippen molar-refractivity contribution in [2.75, 3.05) is 6.61 Å². The summed E-state index contributed by atoms with van der Waals surface area (Å²) >= 11 is 2.31. The Morgan fingerprint density at radius 3 is 2.31 bits per heavy atom. The van der Waals surface area contributed by atoms with Gasteiger partial charge in [-0.15, -0.1) is 0 Å². The average Bonchev–Trinajstić information content (AvgIpc) is 2.52.